The van der Waals surface area contributed by atoms with Crippen molar-refractivity contribution in [1.82, 2.24) is 30.1 Å². The maximum Gasteiger partial charge on any atom is 0.262 e. The number of anilines is 2. The van der Waals surface area contributed by atoms with Crippen molar-refractivity contribution < 1.29 is 19.2 Å². The Hall–Kier alpha value is -4.81. The van der Waals surface area contributed by atoms with Gasteiger partial charge in [-0.05, 0) is 55.9 Å². The first kappa shape index (κ1) is 30.5. The monoisotopic (exact) mass is 666 g/mol. The second-order valence-electron chi connectivity index (χ2n) is 13.1. The minimum absolute atomic E-state index is 0.0999. The molecule has 12 nitrogen and oxygen atoms in total. The molecule has 4 aromatic rings. The van der Waals surface area contributed by atoms with E-state index in [0.717, 1.165) is 79.0 Å². The van der Waals surface area contributed by atoms with Crippen LogP contribution in [-0.4, -0.2) is 93.2 Å². The highest BCUT2D eigenvalue weighted by Gasteiger charge is 2.45. The van der Waals surface area contributed by atoms with Crippen molar-refractivity contribution in [3.8, 4) is 11.3 Å². The second-order valence-corrected chi connectivity index (χ2v) is 13.5. The lowest BCUT2D eigenvalue weighted by molar-refractivity contribution is -0.136. The maximum atomic E-state index is 13.3. The molecule has 3 fully saturated rings. The topological polar surface area (TPSA) is 144 Å². The number of imide groups is 2. The van der Waals surface area contributed by atoms with Gasteiger partial charge in [0.15, 0.2) is 0 Å². The van der Waals surface area contributed by atoms with Gasteiger partial charge in [0, 0.05) is 73.5 Å². The number of amides is 4. The van der Waals surface area contributed by atoms with Gasteiger partial charge in [-0.25, -0.2) is 9.97 Å². The van der Waals surface area contributed by atoms with Gasteiger partial charge in [0.05, 0.1) is 28.0 Å². The number of aromatic nitrogens is 3. The zero-order valence-corrected chi connectivity index (χ0v) is 27.0. The number of fused-ring (bicyclic) bond motifs is 2. The number of rotatable bonds is 7. The van der Waals surface area contributed by atoms with Gasteiger partial charge in [0.1, 0.15) is 6.04 Å². The Morgan fingerprint density at radius 3 is 2.56 bits per heavy atom. The quantitative estimate of drug-likeness (QED) is 0.249. The molecule has 13 heteroatoms. The van der Waals surface area contributed by atoms with E-state index < -0.39 is 23.8 Å². The number of hydrogen-bond donors (Lipinski definition) is 3. The molecule has 4 aliphatic rings. The number of para-hydroxylation sites is 1. The lowest BCUT2D eigenvalue weighted by Gasteiger charge is -2.35. The van der Waals surface area contributed by atoms with Crippen LogP contribution < -0.4 is 15.5 Å². The summed E-state index contributed by atoms with van der Waals surface area (Å²) < 4.78 is 0. The predicted molar refractivity (Wildman–Crippen MR) is 181 cm³/mol. The van der Waals surface area contributed by atoms with Crippen LogP contribution in [0.3, 0.4) is 0 Å². The molecule has 0 bridgehead atoms. The molecule has 0 radical (unpaired) electrons. The molecule has 2 atom stereocenters. The first-order valence-corrected chi connectivity index (χ1v) is 16.9. The lowest BCUT2D eigenvalue weighted by Crippen LogP contribution is -2.54. The van der Waals surface area contributed by atoms with Crippen LogP contribution in [0.4, 0.5) is 11.6 Å². The average molecular weight is 667 g/mol. The first-order chi connectivity index (χ1) is 23.3. The molecule has 2 aromatic heterocycles. The normalized spacial score (nSPS) is 22.1. The van der Waals surface area contributed by atoms with Gasteiger partial charge in [-0.3, -0.25) is 29.4 Å². The minimum Gasteiger partial charge on any atom is -0.371 e. The highest BCUT2D eigenvalue weighted by molar-refractivity contribution is 6.33. The van der Waals surface area contributed by atoms with Crippen LogP contribution in [-0.2, 0) is 9.59 Å². The molecular weight excluding hydrogens is 632 g/mol. The van der Waals surface area contributed by atoms with Crippen LogP contribution in [0.2, 0.25) is 5.02 Å². The van der Waals surface area contributed by atoms with E-state index in [-0.39, 0.29) is 24.8 Å². The number of benzene rings is 2. The number of halogens is 1. The number of nitrogens with zero attached hydrogens (tertiary/aromatic N) is 5. The largest absolute Gasteiger partial charge is 0.371 e. The molecule has 246 valence electrons. The Morgan fingerprint density at radius 1 is 0.917 bits per heavy atom. The first-order valence-electron chi connectivity index (χ1n) is 16.5. The molecule has 4 amide bonds. The van der Waals surface area contributed by atoms with E-state index in [2.05, 4.69) is 36.5 Å². The van der Waals surface area contributed by atoms with Gasteiger partial charge in [0.25, 0.3) is 11.8 Å². The van der Waals surface area contributed by atoms with Crippen LogP contribution in [0.1, 0.15) is 52.8 Å². The summed E-state index contributed by atoms with van der Waals surface area (Å²) in [7, 11) is 0. The van der Waals surface area contributed by atoms with Crippen LogP contribution in [0.5, 0.6) is 0 Å². The maximum absolute atomic E-state index is 13.3. The van der Waals surface area contributed by atoms with Gasteiger partial charge < -0.3 is 20.1 Å². The number of H-pyrrole nitrogens is 1. The van der Waals surface area contributed by atoms with Crippen molar-refractivity contribution in [1.29, 1.82) is 0 Å². The molecule has 3 saturated heterocycles. The number of carbonyl (C=O) groups is 4. The molecule has 3 N–H and O–H groups in total. The third-order valence-electron chi connectivity index (χ3n) is 10.1. The number of carbonyl (C=O) groups excluding carboxylic acids is 4. The number of aromatic amines is 1. The zero-order valence-electron chi connectivity index (χ0n) is 26.2. The zero-order chi connectivity index (χ0) is 32.9. The van der Waals surface area contributed by atoms with Gasteiger partial charge in [-0.1, -0.05) is 29.8 Å². The third-order valence-corrected chi connectivity index (χ3v) is 10.4. The SMILES string of the molecule is O=C1CCC(N2C(=O)c3ccc(N4CCC(CN5CC[C@@H](Nc6ncc(Cl)c(-c7c[nH]c8ccccc78)n6)C5)CC4)cc3C2=O)C(=O)N1. The standard InChI is InChI=1S/C35H35ClN8O4/c36-27-17-38-35(41-31(27)26-16-37-28-4-2-1-3-23(26)28)39-21-11-12-42(19-21)18-20-9-13-43(14-10-20)22-5-6-24-25(15-22)34(48)44(33(24)47)29-7-8-30(45)40-32(29)46/h1-6,15-17,20-21,29,37H,7-14,18-19H2,(H,38,39,41)(H,40,45,46)/t21-,29?/m1/s1. The average Bonchev–Trinajstić information content (AvgIpc) is 3.79. The summed E-state index contributed by atoms with van der Waals surface area (Å²) in [5, 5.41) is 7.36. The van der Waals surface area contributed by atoms with E-state index in [4.69, 9.17) is 16.6 Å². The number of nitrogens with one attached hydrogen (secondary N) is 3. The fraction of sp³-hybridized carbons (Fsp3) is 0.371. The van der Waals surface area contributed by atoms with Gasteiger partial charge >= 0.3 is 0 Å². The van der Waals surface area contributed by atoms with E-state index in [1.165, 1.54) is 0 Å². The van der Waals surface area contributed by atoms with Crippen molar-refractivity contribution in [2.45, 2.75) is 44.2 Å². The number of likely N-dealkylation sites (tertiary alicyclic amines) is 1. The summed E-state index contributed by atoms with van der Waals surface area (Å²) in [6, 6.07) is 12.7. The molecule has 4 aliphatic heterocycles. The van der Waals surface area contributed by atoms with Crippen molar-refractivity contribution in [3.63, 3.8) is 0 Å². The third kappa shape index (κ3) is 5.58. The Bertz CT molecular complexity index is 1950. The highest BCUT2D eigenvalue weighted by atomic mass is 35.5. The minimum atomic E-state index is -0.962. The van der Waals surface area contributed by atoms with E-state index in [0.29, 0.717) is 33.7 Å². The molecule has 0 aliphatic carbocycles. The molecule has 2 aromatic carbocycles. The molecule has 0 saturated carbocycles. The van der Waals surface area contributed by atoms with Crippen molar-refractivity contribution >= 4 is 57.8 Å². The van der Waals surface area contributed by atoms with E-state index in [9.17, 15) is 19.2 Å². The molecule has 8 rings (SSSR count). The Balaban J connectivity index is 0.853. The second kappa shape index (κ2) is 12.3. The predicted octanol–water partition coefficient (Wildman–Crippen LogP) is 4.08. The Labute approximate surface area is 281 Å². The van der Waals surface area contributed by atoms with Crippen LogP contribution in [0.15, 0.2) is 54.9 Å². The van der Waals surface area contributed by atoms with Gasteiger partial charge in [0.2, 0.25) is 17.8 Å². The van der Waals surface area contributed by atoms with Crippen molar-refractivity contribution in [3.05, 3.63) is 71.0 Å². The fourth-order valence-electron chi connectivity index (χ4n) is 7.59. The molecule has 48 heavy (non-hydrogen) atoms. The van der Waals surface area contributed by atoms with E-state index in [1.54, 1.807) is 18.3 Å². The van der Waals surface area contributed by atoms with Gasteiger partial charge in [-0.15, -0.1) is 0 Å². The van der Waals surface area contributed by atoms with Crippen molar-refractivity contribution in [2.24, 2.45) is 5.92 Å². The van der Waals surface area contributed by atoms with E-state index >= 15 is 0 Å². The van der Waals surface area contributed by atoms with Crippen LogP contribution in [0, 0.1) is 5.92 Å². The molecule has 6 heterocycles. The lowest BCUT2D eigenvalue weighted by atomic mass is 9.95. The molecule has 0 spiro atoms. The van der Waals surface area contributed by atoms with Crippen LogP contribution in [0.25, 0.3) is 22.2 Å². The Kier molecular flexibility index (Phi) is 7.84. The molecular formula is C35H35ClN8O4. The summed E-state index contributed by atoms with van der Waals surface area (Å²) in [6.07, 6.45) is 6.90. The smallest absolute Gasteiger partial charge is 0.262 e. The van der Waals surface area contributed by atoms with Crippen LogP contribution >= 0.6 is 11.6 Å². The summed E-state index contributed by atoms with van der Waals surface area (Å²) in [5.74, 6) is -0.807. The molecule has 1 unspecified atom stereocenters. The summed E-state index contributed by atoms with van der Waals surface area (Å²) >= 11 is 6.54. The Morgan fingerprint density at radius 2 is 1.73 bits per heavy atom. The fourth-order valence-corrected chi connectivity index (χ4v) is 7.78. The summed E-state index contributed by atoms with van der Waals surface area (Å²) in [6.45, 7) is 4.65. The van der Waals surface area contributed by atoms with E-state index in [1.807, 2.05) is 30.5 Å². The summed E-state index contributed by atoms with van der Waals surface area (Å²) in [4.78, 5) is 68.7. The highest BCUT2D eigenvalue weighted by Crippen LogP contribution is 2.34. The summed E-state index contributed by atoms with van der Waals surface area (Å²) in [5.41, 5.74) is 4.22. The number of hydrogen-bond acceptors (Lipinski definition) is 9. The van der Waals surface area contributed by atoms with Crippen molar-refractivity contribution in [2.75, 3.05) is 42.9 Å². The van der Waals surface area contributed by atoms with Gasteiger partial charge in [-0.2, -0.15) is 0 Å². The number of piperidine rings is 2.